The Morgan fingerprint density at radius 2 is 1.86 bits per heavy atom. The van der Waals surface area contributed by atoms with Gasteiger partial charge < -0.3 is 14.7 Å². The number of benzene rings is 1. The topological polar surface area (TPSA) is 52.6 Å². The number of likely N-dealkylation sites (N-methyl/N-ethyl adjacent to an activating group) is 1. The highest BCUT2D eigenvalue weighted by molar-refractivity contribution is 7.20. The monoisotopic (exact) mass is 393 g/mol. The molecular formula is C21H23N5OS. The second-order valence-electron chi connectivity index (χ2n) is 7.56. The number of rotatable bonds is 2. The van der Waals surface area contributed by atoms with E-state index in [4.69, 9.17) is 0 Å². The Morgan fingerprint density at radius 1 is 1.07 bits per heavy atom. The van der Waals surface area contributed by atoms with Crippen LogP contribution >= 0.6 is 11.3 Å². The first-order chi connectivity index (χ1) is 13.6. The van der Waals surface area contributed by atoms with Gasteiger partial charge in [0.25, 0.3) is 5.91 Å². The summed E-state index contributed by atoms with van der Waals surface area (Å²) in [6, 6.07) is 8.18. The number of hydrogen-bond acceptors (Lipinski definition) is 6. The van der Waals surface area contributed by atoms with E-state index in [9.17, 15) is 4.79 Å². The van der Waals surface area contributed by atoms with Crippen LogP contribution < -0.4 is 9.80 Å². The maximum Gasteiger partial charge on any atom is 0.268 e. The first-order valence-electron chi connectivity index (χ1n) is 9.71. The Morgan fingerprint density at radius 3 is 2.68 bits per heavy atom. The van der Waals surface area contributed by atoms with Gasteiger partial charge in [0.2, 0.25) is 0 Å². The Balaban J connectivity index is 1.54. The summed E-state index contributed by atoms with van der Waals surface area (Å²) in [5.74, 6) is 1.04. The van der Waals surface area contributed by atoms with Crippen LogP contribution in [0.5, 0.6) is 0 Å². The lowest BCUT2D eigenvalue weighted by Crippen LogP contribution is -2.44. The fourth-order valence-electron chi connectivity index (χ4n) is 4.19. The zero-order valence-electron chi connectivity index (χ0n) is 16.2. The summed E-state index contributed by atoms with van der Waals surface area (Å²) in [4.78, 5) is 30.7. The standard InChI is InChI=1S/C21H23N5OS/c1-14-17-19(25-11-9-24(2)10-12-25)22-13-23-20(17)28-18(14)21(27)26-8-7-15-5-3-4-6-16(15)26/h3-6,13H,7-12H2,1-2H3. The second kappa shape index (κ2) is 6.83. The highest BCUT2D eigenvalue weighted by Gasteiger charge is 2.29. The molecule has 5 rings (SSSR count). The molecule has 144 valence electrons. The Hall–Kier alpha value is -2.51. The van der Waals surface area contributed by atoms with E-state index in [2.05, 4.69) is 32.9 Å². The van der Waals surface area contributed by atoms with E-state index in [0.29, 0.717) is 0 Å². The van der Waals surface area contributed by atoms with Crippen molar-refractivity contribution in [3.63, 3.8) is 0 Å². The summed E-state index contributed by atoms with van der Waals surface area (Å²) in [6.45, 7) is 6.71. The lowest BCUT2D eigenvalue weighted by Gasteiger charge is -2.33. The number of carbonyl (C=O) groups excluding carboxylic acids is 1. The second-order valence-corrected chi connectivity index (χ2v) is 8.56. The zero-order chi connectivity index (χ0) is 19.3. The molecule has 0 N–H and O–H groups in total. The molecule has 1 aromatic carbocycles. The normalized spacial score (nSPS) is 17.4. The quantitative estimate of drug-likeness (QED) is 0.670. The number of para-hydroxylation sites is 1. The predicted molar refractivity (Wildman–Crippen MR) is 114 cm³/mol. The van der Waals surface area contributed by atoms with Gasteiger partial charge in [-0.15, -0.1) is 11.3 Å². The minimum Gasteiger partial charge on any atom is -0.353 e. The van der Waals surface area contributed by atoms with E-state index in [1.165, 1.54) is 16.9 Å². The van der Waals surface area contributed by atoms with Crippen molar-refractivity contribution in [1.82, 2.24) is 14.9 Å². The highest BCUT2D eigenvalue weighted by Crippen LogP contribution is 2.37. The Bertz CT molecular complexity index is 1050. The van der Waals surface area contributed by atoms with Gasteiger partial charge in [0.1, 0.15) is 17.0 Å². The molecule has 6 nitrogen and oxygen atoms in total. The number of hydrogen-bond donors (Lipinski definition) is 0. The van der Waals surface area contributed by atoms with Crippen LogP contribution in [0, 0.1) is 6.92 Å². The van der Waals surface area contributed by atoms with E-state index >= 15 is 0 Å². The minimum absolute atomic E-state index is 0.0785. The van der Waals surface area contributed by atoms with Crippen molar-refractivity contribution >= 4 is 39.0 Å². The number of fused-ring (bicyclic) bond motifs is 2. The van der Waals surface area contributed by atoms with E-state index in [1.807, 2.05) is 30.0 Å². The maximum absolute atomic E-state index is 13.4. The summed E-state index contributed by atoms with van der Waals surface area (Å²) in [5.41, 5.74) is 3.28. The molecular weight excluding hydrogens is 370 g/mol. The molecule has 0 aliphatic carbocycles. The van der Waals surface area contributed by atoms with Crippen LogP contribution in [0.25, 0.3) is 10.2 Å². The van der Waals surface area contributed by atoms with Crippen molar-refractivity contribution in [3.05, 3.63) is 46.6 Å². The van der Waals surface area contributed by atoms with E-state index < -0.39 is 0 Å². The first-order valence-corrected chi connectivity index (χ1v) is 10.5. The molecule has 7 heteroatoms. The summed E-state index contributed by atoms with van der Waals surface area (Å²) in [7, 11) is 2.15. The Kier molecular flexibility index (Phi) is 4.29. The van der Waals surface area contributed by atoms with Crippen LogP contribution in [0.2, 0.25) is 0 Å². The van der Waals surface area contributed by atoms with Crippen molar-refractivity contribution in [1.29, 1.82) is 0 Å². The number of thiophene rings is 1. The van der Waals surface area contributed by atoms with E-state index in [-0.39, 0.29) is 5.91 Å². The molecule has 0 atom stereocenters. The number of aromatic nitrogens is 2. The van der Waals surface area contributed by atoms with Gasteiger partial charge in [0.15, 0.2) is 0 Å². The van der Waals surface area contributed by atoms with Crippen LogP contribution in [-0.4, -0.2) is 60.5 Å². The molecule has 28 heavy (non-hydrogen) atoms. The van der Waals surface area contributed by atoms with E-state index in [1.54, 1.807) is 6.33 Å². The summed E-state index contributed by atoms with van der Waals surface area (Å²) in [5, 5.41) is 1.04. The third-order valence-electron chi connectivity index (χ3n) is 5.84. The SMILES string of the molecule is Cc1c(C(=O)N2CCc3ccccc32)sc2ncnc(N3CCN(C)CC3)c12. The molecule has 2 aromatic heterocycles. The van der Waals surface area contributed by atoms with Crippen LogP contribution in [0.4, 0.5) is 11.5 Å². The average Bonchev–Trinajstić information content (AvgIpc) is 3.30. The van der Waals surface area contributed by atoms with Crippen molar-refractivity contribution in [2.75, 3.05) is 49.6 Å². The molecule has 0 saturated carbocycles. The Labute approximate surface area is 168 Å². The molecule has 1 saturated heterocycles. The molecule has 2 aliphatic heterocycles. The summed E-state index contributed by atoms with van der Waals surface area (Å²) >= 11 is 1.49. The molecule has 3 aromatic rings. The van der Waals surface area contributed by atoms with Gasteiger partial charge in [-0.1, -0.05) is 18.2 Å². The third-order valence-corrected chi connectivity index (χ3v) is 7.02. The molecule has 0 spiro atoms. The van der Waals surface area contributed by atoms with Gasteiger partial charge in [-0.05, 0) is 37.6 Å². The minimum atomic E-state index is 0.0785. The van der Waals surface area contributed by atoms with Gasteiger partial charge in [0.05, 0.1) is 10.3 Å². The van der Waals surface area contributed by atoms with E-state index in [0.717, 1.165) is 71.3 Å². The van der Waals surface area contributed by atoms with Gasteiger partial charge in [0, 0.05) is 38.4 Å². The van der Waals surface area contributed by atoms with Crippen LogP contribution in [0.3, 0.4) is 0 Å². The average molecular weight is 394 g/mol. The zero-order valence-corrected chi connectivity index (χ0v) is 17.0. The summed E-state index contributed by atoms with van der Waals surface area (Å²) < 4.78 is 0. The number of anilines is 2. The number of piperazine rings is 1. The molecule has 0 unspecified atom stereocenters. The first kappa shape index (κ1) is 17.6. The van der Waals surface area contributed by atoms with Gasteiger partial charge in [-0.3, -0.25) is 4.79 Å². The maximum atomic E-state index is 13.4. The fraction of sp³-hybridized carbons (Fsp3) is 0.381. The lowest BCUT2D eigenvalue weighted by molar-refractivity contribution is 0.0993. The van der Waals surface area contributed by atoms with Crippen molar-refractivity contribution in [2.45, 2.75) is 13.3 Å². The van der Waals surface area contributed by atoms with Crippen LogP contribution in [0.15, 0.2) is 30.6 Å². The highest BCUT2D eigenvalue weighted by atomic mass is 32.1. The lowest BCUT2D eigenvalue weighted by atomic mass is 10.1. The molecule has 1 amide bonds. The predicted octanol–water partition coefficient (Wildman–Crippen LogP) is 2.95. The number of amides is 1. The van der Waals surface area contributed by atoms with Gasteiger partial charge in [-0.25, -0.2) is 9.97 Å². The largest absolute Gasteiger partial charge is 0.353 e. The van der Waals surface area contributed by atoms with Crippen molar-refractivity contribution in [2.24, 2.45) is 0 Å². The van der Waals surface area contributed by atoms with Crippen molar-refractivity contribution in [3.8, 4) is 0 Å². The number of nitrogens with zero attached hydrogens (tertiary/aromatic N) is 5. The van der Waals surface area contributed by atoms with Crippen molar-refractivity contribution < 1.29 is 4.79 Å². The number of aryl methyl sites for hydroxylation is 1. The molecule has 2 aliphatic rings. The number of carbonyl (C=O) groups is 1. The van der Waals surface area contributed by atoms with Crippen LogP contribution in [0.1, 0.15) is 20.8 Å². The van der Waals surface area contributed by atoms with Crippen LogP contribution in [-0.2, 0) is 6.42 Å². The molecule has 1 fully saturated rings. The molecule has 4 heterocycles. The summed E-state index contributed by atoms with van der Waals surface area (Å²) in [6.07, 6.45) is 2.55. The smallest absolute Gasteiger partial charge is 0.268 e. The molecule has 0 bridgehead atoms. The van der Waals surface area contributed by atoms with Gasteiger partial charge in [-0.2, -0.15) is 0 Å². The molecule has 0 radical (unpaired) electrons. The van der Waals surface area contributed by atoms with Gasteiger partial charge >= 0.3 is 0 Å². The third kappa shape index (κ3) is 2.77. The fourth-order valence-corrected chi connectivity index (χ4v) is 5.28.